The molecule has 0 atom stereocenters. The summed E-state index contributed by atoms with van der Waals surface area (Å²) in [5.41, 5.74) is 2.12. The van der Waals surface area contributed by atoms with Gasteiger partial charge in [0.2, 0.25) is 0 Å². The quantitative estimate of drug-likeness (QED) is 0.633. The summed E-state index contributed by atoms with van der Waals surface area (Å²) < 4.78 is 0. The van der Waals surface area contributed by atoms with Gasteiger partial charge in [-0.25, -0.2) is 0 Å². The highest BCUT2D eigenvalue weighted by atomic mass is 15.2. The van der Waals surface area contributed by atoms with Gasteiger partial charge in [0.05, 0.1) is 11.4 Å². The molecule has 56 valence electrons. The largest absolute Gasteiger partial charge is 0.374 e. The van der Waals surface area contributed by atoms with Crippen molar-refractivity contribution in [3.05, 3.63) is 5.36 Å². The Bertz CT molecular complexity index is 217. The molecule has 0 saturated carbocycles. The van der Waals surface area contributed by atoms with Crippen LogP contribution in [0.4, 0.5) is 11.4 Å². The van der Waals surface area contributed by atoms with E-state index in [1.165, 1.54) is 0 Å². The third-order valence-corrected chi connectivity index (χ3v) is 1.53. The van der Waals surface area contributed by atoms with Gasteiger partial charge in [0.1, 0.15) is 5.36 Å². The normalized spacial score (nSPS) is 10.4. The SMILES string of the molecule is CN(C)c1c(N(C)C)c1=N. The standard InChI is InChI=1S/C7H13N3/c1-9(2)6-5(8)7(6)10(3)4/h8H,1-4H3. The first-order chi connectivity index (χ1) is 4.55. The molecule has 0 aromatic heterocycles. The molecule has 0 saturated heterocycles. The molecule has 0 spiro atoms. The molecule has 0 amide bonds. The fourth-order valence-electron chi connectivity index (χ4n) is 1.04. The van der Waals surface area contributed by atoms with Crippen molar-refractivity contribution in [3.8, 4) is 0 Å². The average molecular weight is 139 g/mol. The summed E-state index contributed by atoms with van der Waals surface area (Å²) >= 11 is 0. The van der Waals surface area contributed by atoms with Crippen molar-refractivity contribution in [1.29, 1.82) is 5.41 Å². The molecule has 0 bridgehead atoms. The fraction of sp³-hybridized carbons (Fsp3) is 0.571. The lowest BCUT2D eigenvalue weighted by Crippen LogP contribution is -2.08. The first-order valence-electron chi connectivity index (χ1n) is 3.24. The first kappa shape index (κ1) is 7.12. The van der Waals surface area contributed by atoms with E-state index in [2.05, 4.69) is 0 Å². The van der Waals surface area contributed by atoms with Crippen molar-refractivity contribution in [2.45, 2.75) is 0 Å². The highest BCUT2D eigenvalue weighted by Crippen LogP contribution is 2.27. The van der Waals surface area contributed by atoms with Crippen molar-refractivity contribution < 1.29 is 0 Å². The van der Waals surface area contributed by atoms with Crippen LogP contribution in [0.3, 0.4) is 0 Å². The molecule has 0 fully saturated rings. The summed E-state index contributed by atoms with van der Waals surface area (Å²) in [6.45, 7) is 0. The summed E-state index contributed by atoms with van der Waals surface area (Å²) in [4.78, 5) is 3.94. The lowest BCUT2D eigenvalue weighted by Gasteiger charge is -2.07. The smallest absolute Gasteiger partial charge is 0.105 e. The van der Waals surface area contributed by atoms with Crippen LogP contribution >= 0.6 is 0 Å². The van der Waals surface area contributed by atoms with Gasteiger partial charge in [-0.3, -0.25) is 5.41 Å². The zero-order valence-electron chi connectivity index (χ0n) is 6.89. The molecule has 1 aromatic rings. The molecular formula is C7H13N3. The molecule has 0 unspecified atom stereocenters. The predicted molar refractivity (Wildman–Crippen MR) is 43.3 cm³/mol. The van der Waals surface area contributed by atoms with Gasteiger partial charge in [-0.05, 0) is 0 Å². The van der Waals surface area contributed by atoms with E-state index >= 15 is 0 Å². The Hall–Kier alpha value is -0.990. The van der Waals surface area contributed by atoms with Gasteiger partial charge < -0.3 is 9.80 Å². The van der Waals surface area contributed by atoms with Gasteiger partial charge in [0.15, 0.2) is 0 Å². The molecule has 0 aliphatic carbocycles. The van der Waals surface area contributed by atoms with Crippen molar-refractivity contribution in [1.82, 2.24) is 0 Å². The molecule has 1 aromatic carbocycles. The number of nitrogens with one attached hydrogen (secondary N) is 1. The second kappa shape index (κ2) is 2.01. The van der Waals surface area contributed by atoms with Gasteiger partial charge in [-0.1, -0.05) is 0 Å². The molecule has 3 nitrogen and oxygen atoms in total. The number of anilines is 2. The lowest BCUT2D eigenvalue weighted by atomic mass is 10.7. The third kappa shape index (κ3) is 0.875. The summed E-state index contributed by atoms with van der Waals surface area (Å²) in [6, 6.07) is 0. The van der Waals surface area contributed by atoms with Crippen LogP contribution in [-0.2, 0) is 0 Å². The van der Waals surface area contributed by atoms with Gasteiger partial charge in [-0.15, -0.1) is 0 Å². The van der Waals surface area contributed by atoms with E-state index in [1.807, 2.05) is 38.0 Å². The second-order valence-electron chi connectivity index (χ2n) is 2.86. The third-order valence-electron chi connectivity index (χ3n) is 1.53. The maximum atomic E-state index is 7.43. The van der Waals surface area contributed by atoms with Crippen molar-refractivity contribution >= 4 is 11.4 Å². The molecule has 0 heterocycles. The molecule has 3 heteroatoms. The van der Waals surface area contributed by atoms with E-state index in [0.29, 0.717) is 5.36 Å². The second-order valence-corrected chi connectivity index (χ2v) is 2.86. The molecular weight excluding hydrogens is 126 g/mol. The number of hydrogen-bond acceptors (Lipinski definition) is 3. The minimum atomic E-state index is 0.676. The molecule has 1 rings (SSSR count). The predicted octanol–water partition coefficient (Wildman–Crippen LogP) is 0.174. The van der Waals surface area contributed by atoms with Gasteiger partial charge >= 0.3 is 0 Å². The van der Waals surface area contributed by atoms with Crippen LogP contribution in [0.15, 0.2) is 0 Å². The highest BCUT2D eigenvalue weighted by molar-refractivity contribution is 5.83. The fourth-order valence-corrected chi connectivity index (χ4v) is 1.04. The monoisotopic (exact) mass is 139 g/mol. The van der Waals surface area contributed by atoms with Gasteiger partial charge in [0, 0.05) is 28.2 Å². The molecule has 10 heavy (non-hydrogen) atoms. The van der Waals surface area contributed by atoms with Crippen LogP contribution in [-0.4, -0.2) is 28.2 Å². The molecule has 0 radical (unpaired) electrons. The lowest BCUT2D eigenvalue weighted by molar-refractivity contribution is 1.12. The maximum absolute atomic E-state index is 7.43. The van der Waals surface area contributed by atoms with Crippen LogP contribution in [0.1, 0.15) is 0 Å². The zero-order chi connectivity index (χ0) is 7.89. The molecule has 0 aliphatic heterocycles. The Labute approximate surface area is 61.1 Å². The average Bonchev–Trinajstić information content (AvgIpc) is 2.40. The highest BCUT2D eigenvalue weighted by Gasteiger charge is 2.21. The minimum absolute atomic E-state index is 0.676. The number of hydrogen-bond donors (Lipinski definition) is 1. The minimum Gasteiger partial charge on any atom is -0.374 e. The number of nitrogens with zero attached hydrogens (tertiary/aromatic N) is 2. The Morgan fingerprint density at radius 1 is 0.900 bits per heavy atom. The van der Waals surface area contributed by atoms with Crippen molar-refractivity contribution in [2.75, 3.05) is 38.0 Å². The van der Waals surface area contributed by atoms with Crippen molar-refractivity contribution in [2.24, 2.45) is 0 Å². The van der Waals surface area contributed by atoms with E-state index in [9.17, 15) is 0 Å². The molecule has 0 aliphatic rings. The van der Waals surface area contributed by atoms with Gasteiger partial charge in [0.25, 0.3) is 0 Å². The van der Waals surface area contributed by atoms with Crippen LogP contribution in [0.2, 0.25) is 0 Å². The van der Waals surface area contributed by atoms with E-state index in [-0.39, 0.29) is 0 Å². The summed E-state index contributed by atoms with van der Waals surface area (Å²) in [6.07, 6.45) is 0. The summed E-state index contributed by atoms with van der Waals surface area (Å²) in [7, 11) is 7.83. The molecule has 1 N–H and O–H groups in total. The summed E-state index contributed by atoms with van der Waals surface area (Å²) in [5.74, 6) is 0. The van der Waals surface area contributed by atoms with E-state index in [0.717, 1.165) is 11.4 Å². The number of rotatable bonds is 2. The Morgan fingerprint density at radius 2 is 1.20 bits per heavy atom. The maximum Gasteiger partial charge on any atom is 0.105 e. The Kier molecular flexibility index (Phi) is 1.43. The summed E-state index contributed by atoms with van der Waals surface area (Å²) in [5, 5.41) is 8.10. The van der Waals surface area contributed by atoms with E-state index < -0.39 is 0 Å². The van der Waals surface area contributed by atoms with E-state index in [1.54, 1.807) is 0 Å². The Morgan fingerprint density at radius 3 is 1.30 bits per heavy atom. The van der Waals surface area contributed by atoms with Crippen LogP contribution in [0.5, 0.6) is 0 Å². The zero-order valence-corrected chi connectivity index (χ0v) is 6.89. The van der Waals surface area contributed by atoms with E-state index in [4.69, 9.17) is 5.41 Å². The Balaban J connectivity index is 2.80. The topological polar surface area (TPSA) is 30.3 Å². The van der Waals surface area contributed by atoms with Crippen LogP contribution in [0, 0.1) is 5.41 Å². The van der Waals surface area contributed by atoms with Crippen LogP contribution in [0.25, 0.3) is 0 Å². The van der Waals surface area contributed by atoms with Gasteiger partial charge in [-0.2, -0.15) is 0 Å². The first-order valence-corrected chi connectivity index (χ1v) is 3.24. The van der Waals surface area contributed by atoms with Crippen molar-refractivity contribution in [3.63, 3.8) is 0 Å². The van der Waals surface area contributed by atoms with Crippen LogP contribution < -0.4 is 15.2 Å².